The number of benzene rings is 3. The molecule has 3 aromatic carbocycles. The molecule has 3 aromatic rings. The lowest BCUT2D eigenvalue weighted by molar-refractivity contribution is -0.163. The van der Waals surface area contributed by atoms with Crippen LogP contribution in [0.25, 0.3) is 0 Å². The first-order valence-electron chi connectivity index (χ1n) is 18.2. The van der Waals surface area contributed by atoms with Crippen LogP contribution in [0.1, 0.15) is 49.0 Å². The molecule has 1 spiro atoms. The van der Waals surface area contributed by atoms with Gasteiger partial charge < -0.3 is 34.4 Å². The lowest BCUT2D eigenvalue weighted by Gasteiger charge is -2.39. The summed E-state index contributed by atoms with van der Waals surface area (Å²) in [7, 11) is 1.49. The zero-order valence-electron chi connectivity index (χ0n) is 30.2. The van der Waals surface area contributed by atoms with Gasteiger partial charge in [-0.2, -0.15) is 0 Å². The fourth-order valence-electron chi connectivity index (χ4n) is 8.38. The normalized spacial score (nSPS) is 24.3. The number of carbonyl (C=O) groups excluding carboxylic acids is 4. The number of hydrogen-bond acceptors (Lipinski definition) is 8. The highest BCUT2D eigenvalue weighted by Gasteiger charge is 2.76. The Morgan fingerprint density at radius 1 is 1.04 bits per heavy atom. The minimum absolute atomic E-state index is 0.0321. The number of para-hydroxylation sites is 1. The molecular formula is C42H46ClN3O8. The van der Waals surface area contributed by atoms with Crippen LogP contribution in [0.15, 0.2) is 110 Å². The Balaban J connectivity index is 1.41. The third-order valence-corrected chi connectivity index (χ3v) is 11.0. The van der Waals surface area contributed by atoms with Crippen LogP contribution in [0, 0.1) is 11.8 Å². The number of carbonyl (C=O) groups is 4. The molecule has 8 atom stereocenters. The number of aliphatic hydroxyl groups is 1. The van der Waals surface area contributed by atoms with Crippen molar-refractivity contribution in [1.82, 2.24) is 10.2 Å². The Bertz CT molecular complexity index is 1840. The number of ether oxygens (including phenoxy) is 3. The van der Waals surface area contributed by atoms with Crippen molar-refractivity contribution in [3.63, 3.8) is 0 Å². The lowest BCUT2D eigenvalue weighted by Crippen LogP contribution is -2.57. The number of likely N-dealkylation sites (tertiary alicyclic amines) is 1. The first kappa shape index (κ1) is 38.9. The number of fused-ring (bicyclic) bond motifs is 1. The monoisotopic (exact) mass is 755 g/mol. The fourth-order valence-corrected chi connectivity index (χ4v) is 8.62. The van der Waals surface area contributed by atoms with Crippen LogP contribution in [0.2, 0.25) is 5.02 Å². The van der Waals surface area contributed by atoms with Crippen molar-refractivity contribution in [1.29, 1.82) is 0 Å². The predicted octanol–water partition coefficient (Wildman–Crippen LogP) is 5.35. The van der Waals surface area contributed by atoms with Crippen molar-refractivity contribution in [3.05, 3.63) is 126 Å². The van der Waals surface area contributed by atoms with Gasteiger partial charge in [0, 0.05) is 20.1 Å². The number of nitrogens with one attached hydrogen (secondary N) is 1. The van der Waals surface area contributed by atoms with Crippen LogP contribution in [0.5, 0.6) is 0 Å². The molecule has 11 nitrogen and oxygen atoms in total. The van der Waals surface area contributed by atoms with Crippen LogP contribution in [0.4, 0.5) is 5.69 Å². The summed E-state index contributed by atoms with van der Waals surface area (Å²) >= 11 is 6.63. The Morgan fingerprint density at radius 3 is 2.33 bits per heavy atom. The maximum atomic E-state index is 15.1. The Hall–Kier alpha value is -4.81. The molecule has 12 heteroatoms. The van der Waals surface area contributed by atoms with Crippen molar-refractivity contribution in [2.75, 3.05) is 31.8 Å². The van der Waals surface area contributed by atoms with Crippen molar-refractivity contribution in [2.24, 2.45) is 11.8 Å². The van der Waals surface area contributed by atoms with E-state index in [0.29, 0.717) is 41.1 Å². The van der Waals surface area contributed by atoms with Crippen molar-refractivity contribution in [2.45, 2.75) is 61.6 Å². The van der Waals surface area contributed by atoms with E-state index < -0.39 is 72.2 Å². The topological polar surface area (TPSA) is 135 Å². The smallest absolute Gasteiger partial charge is 0.313 e. The van der Waals surface area contributed by atoms with Gasteiger partial charge in [-0.1, -0.05) is 96.5 Å². The maximum Gasteiger partial charge on any atom is 0.313 e. The van der Waals surface area contributed by atoms with E-state index in [-0.39, 0.29) is 25.5 Å². The van der Waals surface area contributed by atoms with Gasteiger partial charge in [0.05, 0.1) is 53.9 Å². The van der Waals surface area contributed by atoms with E-state index in [1.165, 1.54) is 16.9 Å². The van der Waals surface area contributed by atoms with E-state index >= 15 is 9.59 Å². The average molecular weight is 756 g/mol. The van der Waals surface area contributed by atoms with Gasteiger partial charge in [0.25, 0.3) is 5.91 Å². The molecule has 284 valence electrons. The van der Waals surface area contributed by atoms with Gasteiger partial charge in [-0.15, -0.1) is 13.2 Å². The molecule has 0 aromatic heterocycles. The standard InChI is InChI=1S/C42H46ClN3O8/c1-4-6-21-34(48)44-30(26-52-3)37(28-17-11-8-12-18-28)53-41(51)35-33-22-23-42(54-33)36(35)39(49)46(32(25-47)27-15-9-7-10-16-27)38(42)40(50)45(24-5-2)31-20-14-13-19-29(31)43/h4-5,7-20,30,32-33,35-38,47H,1-2,6,21-26H2,3H3,(H,44,48)/t30-,32-,33+,35-,36-,37-,38+,42-/m1/s1. The van der Waals surface area contributed by atoms with Crippen LogP contribution < -0.4 is 10.2 Å². The maximum absolute atomic E-state index is 15.1. The third kappa shape index (κ3) is 7.33. The summed E-state index contributed by atoms with van der Waals surface area (Å²) in [5, 5.41) is 14.2. The van der Waals surface area contributed by atoms with Gasteiger partial charge in [-0.25, -0.2) is 0 Å². The SMILES string of the molecule is C=CCCC(=O)N[C@H](COC)[C@H](OC(=O)[C@@H]1[C@@H]2CC[C@]3(O2)[C@H](C(=O)N(CC=C)c2ccccc2Cl)N([C@H](CO)c2ccccc2)C(=O)[C@@H]13)c1ccccc1. The second kappa shape index (κ2) is 17.1. The summed E-state index contributed by atoms with van der Waals surface area (Å²) in [5.41, 5.74) is 0.235. The first-order valence-corrected chi connectivity index (χ1v) is 18.6. The summed E-state index contributed by atoms with van der Waals surface area (Å²) in [6.07, 6.45) is 2.87. The number of anilines is 1. The zero-order valence-corrected chi connectivity index (χ0v) is 31.0. The molecule has 3 aliphatic rings. The number of esters is 1. The molecule has 0 aliphatic carbocycles. The van der Waals surface area contributed by atoms with Crippen molar-refractivity contribution >= 4 is 41.0 Å². The summed E-state index contributed by atoms with van der Waals surface area (Å²) in [5.74, 6) is -4.13. The average Bonchev–Trinajstić information content (AvgIpc) is 3.84. The van der Waals surface area contributed by atoms with Crippen LogP contribution in [-0.4, -0.2) is 84.4 Å². The highest BCUT2D eigenvalue weighted by molar-refractivity contribution is 6.34. The molecule has 3 fully saturated rings. The number of nitrogens with zero attached hydrogens (tertiary/aromatic N) is 2. The highest BCUT2D eigenvalue weighted by Crippen LogP contribution is 2.60. The van der Waals surface area contributed by atoms with Gasteiger partial charge in [-0.05, 0) is 42.5 Å². The Morgan fingerprint density at radius 2 is 1.70 bits per heavy atom. The molecule has 2 N–H and O–H groups in total. The van der Waals surface area contributed by atoms with E-state index in [1.807, 2.05) is 12.1 Å². The summed E-state index contributed by atoms with van der Waals surface area (Å²) in [6.45, 7) is 7.18. The van der Waals surface area contributed by atoms with E-state index in [0.717, 1.165) is 0 Å². The van der Waals surface area contributed by atoms with Crippen LogP contribution in [0.3, 0.4) is 0 Å². The number of allylic oxidation sites excluding steroid dienone is 1. The van der Waals surface area contributed by atoms with E-state index in [4.69, 9.17) is 25.8 Å². The number of aliphatic hydroxyl groups excluding tert-OH is 1. The second-order valence-corrected chi connectivity index (χ2v) is 14.2. The summed E-state index contributed by atoms with van der Waals surface area (Å²) < 4.78 is 18.5. The Kier molecular flexibility index (Phi) is 12.3. The van der Waals surface area contributed by atoms with Gasteiger partial charge in [-0.3, -0.25) is 19.2 Å². The zero-order chi connectivity index (χ0) is 38.4. The van der Waals surface area contributed by atoms with E-state index in [2.05, 4.69) is 18.5 Å². The first-order chi connectivity index (χ1) is 26.2. The molecular weight excluding hydrogens is 710 g/mol. The number of hydrogen-bond donors (Lipinski definition) is 2. The van der Waals surface area contributed by atoms with Crippen molar-refractivity contribution in [3.8, 4) is 0 Å². The second-order valence-electron chi connectivity index (χ2n) is 13.8. The van der Waals surface area contributed by atoms with Gasteiger partial charge >= 0.3 is 5.97 Å². The highest BCUT2D eigenvalue weighted by atomic mass is 35.5. The molecule has 54 heavy (non-hydrogen) atoms. The molecule has 0 radical (unpaired) electrons. The Labute approximate surface area is 320 Å². The van der Waals surface area contributed by atoms with Gasteiger partial charge in [0.1, 0.15) is 17.7 Å². The summed E-state index contributed by atoms with van der Waals surface area (Å²) in [4.78, 5) is 60.6. The number of rotatable bonds is 17. The predicted molar refractivity (Wildman–Crippen MR) is 203 cm³/mol. The molecule has 3 aliphatic heterocycles. The molecule has 0 saturated carbocycles. The molecule has 3 saturated heterocycles. The minimum atomic E-state index is -1.42. The molecule has 0 unspecified atom stereocenters. The molecule has 6 rings (SSSR count). The summed E-state index contributed by atoms with van der Waals surface area (Å²) in [6, 6.07) is 22.0. The number of amides is 3. The number of halogens is 1. The largest absolute Gasteiger partial charge is 0.455 e. The fraction of sp³-hybridized carbons (Fsp3) is 0.381. The molecule has 2 bridgehead atoms. The van der Waals surface area contributed by atoms with Crippen molar-refractivity contribution < 1.29 is 38.5 Å². The third-order valence-electron chi connectivity index (χ3n) is 10.7. The minimum Gasteiger partial charge on any atom is -0.455 e. The van der Waals surface area contributed by atoms with Crippen LogP contribution in [-0.2, 0) is 33.4 Å². The lowest BCUT2D eigenvalue weighted by atomic mass is 9.70. The van der Waals surface area contributed by atoms with Gasteiger partial charge in [0.15, 0.2) is 0 Å². The van der Waals surface area contributed by atoms with Crippen LogP contribution >= 0.6 is 11.6 Å². The van der Waals surface area contributed by atoms with Gasteiger partial charge in [0.2, 0.25) is 11.8 Å². The molecule has 3 amide bonds. The van der Waals surface area contributed by atoms with E-state index in [1.54, 1.807) is 84.9 Å². The quantitative estimate of drug-likeness (QED) is 0.139. The van der Waals surface area contributed by atoms with E-state index in [9.17, 15) is 14.7 Å². The number of methoxy groups -OCH3 is 1. The molecule has 3 heterocycles.